The third-order valence-corrected chi connectivity index (χ3v) is 7.16. The first kappa shape index (κ1) is 27.9. The highest BCUT2D eigenvalue weighted by atomic mass is 32.1. The van der Waals surface area contributed by atoms with Crippen LogP contribution in [0.1, 0.15) is 99.9 Å². The Bertz CT molecular complexity index is 986. The molecule has 0 unspecified atom stereocenters. The molecule has 36 heavy (non-hydrogen) atoms. The summed E-state index contributed by atoms with van der Waals surface area (Å²) in [5.41, 5.74) is 4.65. The summed E-state index contributed by atoms with van der Waals surface area (Å²) in [5, 5.41) is 5.07. The third kappa shape index (κ3) is 10.5. The number of unbranched alkanes of at least 4 members (excludes halogenated alkanes) is 11. The number of aromatic nitrogens is 1. The lowest BCUT2D eigenvalue weighted by Gasteiger charge is -2.12. The van der Waals surface area contributed by atoms with Crippen LogP contribution in [0.4, 0.5) is 5.69 Å². The minimum atomic E-state index is -0.139. The second-order valence-electron chi connectivity index (χ2n) is 9.58. The van der Waals surface area contributed by atoms with Gasteiger partial charge in [-0.15, -0.1) is 0 Å². The summed E-state index contributed by atoms with van der Waals surface area (Å²) < 4.78 is 8.14. The number of amides is 1. The number of nitrogens with one attached hydrogen (secondary N) is 1. The number of nitrogens with zero attached hydrogens (tertiary/aromatic N) is 1. The van der Waals surface area contributed by atoms with E-state index in [0.717, 1.165) is 18.7 Å². The SMILES string of the molecule is CCCCCCCCCCCCCCOc1ccccc1C(=O)Nc1ccc(C[n+]2ccsc2)cc1. The Kier molecular flexibility index (Phi) is 13.1. The molecular formula is C31H43N2O2S+. The van der Waals surface area contributed by atoms with Crippen LogP contribution in [0.5, 0.6) is 5.75 Å². The summed E-state index contributed by atoms with van der Waals surface area (Å²) in [5.74, 6) is 0.517. The van der Waals surface area contributed by atoms with E-state index >= 15 is 0 Å². The molecule has 1 amide bonds. The molecule has 0 bridgehead atoms. The number of thiazole rings is 1. The predicted octanol–water partition coefficient (Wildman–Crippen LogP) is 8.42. The lowest BCUT2D eigenvalue weighted by atomic mass is 10.1. The van der Waals surface area contributed by atoms with Gasteiger partial charge in [0, 0.05) is 11.3 Å². The molecule has 3 aromatic rings. The molecule has 0 aliphatic carbocycles. The van der Waals surface area contributed by atoms with E-state index in [9.17, 15) is 4.79 Å². The summed E-state index contributed by atoms with van der Waals surface area (Å²) in [6.45, 7) is 3.75. The Balaban J connectivity index is 1.32. The highest BCUT2D eigenvalue weighted by Crippen LogP contribution is 2.21. The third-order valence-electron chi connectivity index (χ3n) is 6.49. The van der Waals surface area contributed by atoms with Crippen molar-refractivity contribution < 1.29 is 14.1 Å². The topological polar surface area (TPSA) is 42.2 Å². The van der Waals surface area contributed by atoms with Crippen molar-refractivity contribution in [3.8, 4) is 5.75 Å². The first-order valence-corrected chi connectivity index (χ1v) is 14.7. The fourth-order valence-electron chi connectivity index (χ4n) is 4.36. The highest BCUT2D eigenvalue weighted by Gasteiger charge is 2.13. The van der Waals surface area contributed by atoms with Crippen LogP contribution in [-0.4, -0.2) is 12.5 Å². The van der Waals surface area contributed by atoms with Crippen LogP contribution >= 0.6 is 11.3 Å². The second kappa shape index (κ2) is 16.9. The molecule has 1 heterocycles. The van der Waals surface area contributed by atoms with Crippen molar-refractivity contribution in [2.45, 2.75) is 90.5 Å². The molecular weight excluding hydrogens is 464 g/mol. The molecule has 4 nitrogen and oxygen atoms in total. The van der Waals surface area contributed by atoms with E-state index in [4.69, 9.17) is 4.74 Å². The smallest absolute Gasteiger partial charge is 0.259 e. The van der Waals surface area contributed by atoms with E-state index < -0.39 is 0 Å². The predicted molar refractivity (Wildman–Crippen MR) is 151 cm³/mol. The standard InChI is InChI=1S/C31H42N2O2S/c1-2-3-4-5-6-7-8-9-10-11-12-15-23-35-30-17-14-13-16-29(30)31(34)32-28-20-18-27(19-21-28)25-33-22-24-36-26-33/h13-14,16-22,24,26H,2-12,15,23,25H2,1H3/p+1. The second-order valence-corrected chi connectivity index (χ2v) is 10.3. The monoisotopic (exact) mass is 507 g/mol. The van der Waals surface area contributed by atoms with E-state index in [2.05, 4.69) is 46.0 Å². The van der Waals surface area contributed by atoms with Gasteiger partial charge in [-0.25, -0.2) is 0 Å². The van der Waals surface area contributed by atoms with Gasteiger partial charge >= 0.3 is 0 Å². The summed E-state index contributed by atoms with van der Waals surface area (Å²) in [6, 6.07) is 15.5. The van der Waals surface area contributed by atoms with Crippen molar-refractivity contribution >= 4 is 22.9 Å². The zero-order valence-electron chi connectivity index (χ0n) is 21.9. The molecule has 0 fully saturated rings. The van der Waals surface area contributed by atoms with E-state index in [-0.39, 0.29) is 5.91 Å². The fourth-order valence-corrected chi connectivity index (χ4v) is 4.96. The lowest BCUT2D eigenvalue weighted by molar-refractivity contribution is -0.683. The van der Waals surface area contributed by atoms with Gasteiger partial charge in [0.25, 0.3) is 5.91 Å². The normalized spacial score (nSPS) is 10.9. The number of carbonyl (C=O) groups excluding carboxylic acids is 1. The first-order valence-electron chi connectivity index (χ1n) is 13.8. The Morgan fingerprint density at radius 1 is 0.833 bits per heavy atom. The highest BCUT2D eigenvalue weighted by molar-refractivity contribution is 7.07. The van der Waals surface area contributed by atoms with Gasteiger partial charge in [0.2, 0.25) is 5.51 Å². The van der Waals surface area contributed by atoms with Crippen LogP contribution in [0.3, 0.4) is 0 Å². The molecule has 0 spiro atoms. The van der Waals surface area contributed by atoms with Gasteiger partial charge in [0.15, 0.2) is 12.7 Å². The lowest BCUT2D eigenvalue weighted by Crippen LogP contribution is -2.30. The summed E-state index contributed by atoms with van der Waals surface area (Å²) in [6.07, 6.45) is 17.9. The van der Waals surface area contributed by atoms with Gasteiger partial charge in [-0.05, 0) is 30.7 Å². The number of hydrogen-bond acceptors (Lipinski definition) is 3. The minimum absolute atomic E-state index is 0.139. The molecule has 5 heteroatoms. The number of rotatable bonds is 18. The molecule has 0 atom stereocenters. The molecule has 3 rings (SSSR count). The van der Waals surface area contributed by atoms with Crippen LogP contribution in [0.25, 0.3) is 0 Å². The average molecular weight is 508 g/mol. The Morgan fingerprint density at radius 2 is 1.47 bits per heavy atom. The van der Waals surface area contributed by atoms with E-state index in [1.54, 1.807) is 11.3 Å². The Hall–Kier alpha value is -2.66. The van der Waals surface area contributed by atoms with E-state index in [1.165, 1.54) is 76.2 Å². The summed E-state index contributed by atoms with van der Waals surface area (Å²) in [4.78, 5) is 12.9. The van der Waals surface area contributed by atoms with Crippen molar-refractivity contribution in [1.82, 2.24) is 0 Å². The molecule has 0 saturated carbocycles. The van der Waals surface area contributed by atoms with Crippen LogP contribution in [0.15, 0.2) is 65.6 Å². The summed E-state index contributed by atoms with van der Waals surface area (Å²) in [7, 11) is 0. The largest absolute Gasteiger partial charge is 0.493 e. The van der Waals surface area contributed by atoms with Crippen LogP contribution in [0.2, 0.25) is 0 Å². The Morgan fingerprint density at radius 3 is 2.11 bits per heavy atom. The molecule has 0 saturated heterocycles. The molecule has 1 N–H and O–H groups in total. The van der Waals surface area contributed by atoms with Gasteiger partial charge in [-0.3, -0.25) is 4.79 Å². The van der Waals surface area contributed by atoms with Crippen molar-refractivity contribution in [3.05, 3.63) is 76.7 Å². The van der Waals surface area contributed by atoms with Crippen molar-refractivity contribution in [2.75, 3.05) is 11.9 Å². The maximum Gasteiger partial charge on any atom is 0.259 e. The maximum absolute atomic E-state index is 12.9. The zero-order chi connectivity index (χ0) is 25.3. The van der Waals surface area contributed by atoms with E-state index in [0.29, 0.717) is 17.9 Å². The van der Waals surface area contributed by atoms with Gasteiger partial charge < -0.3 is 10.1 Å². The van der Waals surface area contributed by atoms with Gasteiger partial charge in [0.1, 0.15) is 5.75 Å². The molecule has 0 aliphatic heterocycles. The molecule has 2 aromatic carbocycles. The summed E-state index contributed by atoms with van der Waals surface area (Å²) >= 11 is 1.68. The molecule has 0 aliphatic rings. The maximum atomic E-state index is 12.9. The van der Waals surface area contributed by atoms with E-state index in [1.807, 2.05) is 36.4 Å². The number of para-hydroxylation sites is 1. The van der Waals surface area contributed by atoms with Crippen LogP contribution in [0, 0.1) is 0 Å². The van der Waals surface area contributed by atoms with Gasteiger partial charge in [-0.1, -0.05) is 113 Å². The zero-order valence-corrected chi connectivity index (χ0v) is 22.7. The molecule has 194 valence electrons. The average Bonchev–Trinajstić information content (AvgIpc) is 3.41. The fraction of sp³-hybridized carbons (Fsp3) is 0.484. The Labute approximate surface area is 221 Å². The number of anilines is 1. The molecule has 0 radical (unpaired) electrons. The molecule has 1 aromatic heterocycles. The van der Waals surface area contributed by atoms with Gasteiger partial charge in [0.05, 0.1) is 17.6 Å². The van der Waals surface area contributed by atoms with Crippen molar-refractivity contribution in [2.24, 2.45) is 0 Å². The first-order chi connectivity index (χ1) is 17.8. The number of carbonyl (C=O) groups is 1. The number of hydrogen-bond donors (Lipinski definition) is 1. The minimum Gasteiger partial charge on any atom is -0.493 e. The quantitative estimate of drug-likeness (QED) is 0.139. The number of ether oxygens (including phenoxy) is 1. The van der Waals surface area contributed by atoms with Crippen molar-refractivity contribution in [1.29, 1.82) is 0 Å². The number of benzene rings is 2. The van der Waals surface area contributed by atoms with Crippen LogP contribution in [-0.2, 0) is 6.54 Å². The van der Waals surface area contributed by atoms with Gasteiger partial charge in [-0.2, -0.15) is 4.57 Å². The van der Waals surface area contributed by atoms with Crippen molar-refractivity contribution in [3.63, 3.8) is 0 Å². The van der Waals surface area contributed by atoms with Crippen LogP contribution < -0.4 is 14.6 Å².